The van der Waals surface area contributed by atoms with Crippen LogP contribution in [0.2, 0.25) is 0 Å². The number of ether oxygens (including phenoxy) is 1. The Labute approximate surface area is 386 Å². The Hall–Kier alpha value is -1.83. The van der Waals surface area contributed by atoms with Crippen LogP contribution in [0.25, 0.3) is 0 Å². The lowest BCUT2D eigenvalue weighted by molar-refractivity contribution is -0.148. The van der Waals surface area contributed by atoms with E-state index >= 15 is 0 Å². The number of thioether (sulfide) groups is 3. The summed E-state index contributed by atoms with van der Waals surface area (Å²) >= 11 is 4.67. The number of ketones is 2. The van der Waals surface area contributed by atoms with E-state index in [2.05, 4.69) is 80.9 Å². The zero-order valence-electron chi connectivity index (χ0n) is 38.6. The van der Waals surface area contributed by atoms with E-state index in [-0.39, 0.29) is 59.7 Å². The molecule has 346 valence electrons. The van der Waals surface area contributed by atoms with Gasteiger partial charge in [-0.15, -0.1) is 11.8 Å². The Morgan fingerprint density at radius 3 is 2.39 bits per heavy atom. The van der Waals surface area contributed by atoms with Crippen LogP contribution in [0, 0.1) is 46.3 Å². The predicted octanol–water partition coefficient (Wildman–Crippen LogP) is 8.37. The number of hydrogen-bond donors (Lipinski definition) is 4. The zero-order valence-corrected chi connectivity index (χ0v) is 41.1. The van der Waals surface area contributed by atoms with E-state index in [1.807, 2.05) is 6.92 Å². The van der Waals surface area contributed by atoms with Crippen molar-refractivity contribution in [1.82, 2.24) is 16.0 Å². The third kappa shape index (κ3) is 12.5. The number of rotatable bonds is 17. The number of carbonyl (C=O) groups is 4. The molecule has 0 aromatic heterocycles. The van der Waals surface area contributed by atoms with E-state index in [1.54, 1.807) is 23.5 Å². The summed E-state index contributed by atoms with van der Waals surface area (Å²) in [4.78, 5) is 52.5. The van der Waals surface area contributed by atoms with Crippen molar-refractivity contribution in [3.05, 3.63) is 47.0 Å². The summed E-state index contributed by atoms with van der Waals surface area (Å²) in [5.74, 6) is 6.88. The van der Waals surface area contributed by atoms with Crippen LogP contribution in [0.4, 0.5) is 0 Å². The van der Waals surface area contributed by atoms with Gasteiger partial charge in [-0.2, -0.15) is 23.5 Å². The van der Waals surface area contributed by atoms with E-state index in [9.17, 15) is 19.2 Å². The molecule has 2 bridgehead atoms. The van der Waals surface area contributed by atoms with Crippen LogP contribution in [0.5, 0.6) is 0 Å². The lowest BCUT2D eigenvalue weighted by atomic mass is 9.47. The quantitative estimate of drug-likeness (QED) is 0.0886. The molecule has 5 N–H and O–H groups in total. The van der Waals surface area contributed by atoms with Crippen molar-refractivity contribution in [2.45, 2.75) is 148 Å². The first-order valence-corrected chi connectivity index (χ1v) is 27.4. The van der Waals surface area contributed by atoms with Gasteiger partial charge in [0, 0.05) is 35.2 Å². The highest BCUT2D eigenvalue weighted by molar-refractivity contribution is 8.00. The second-order valence-corrected chi connectivity index (χ2v) is 23.4. The molecule has 7 rings (SSSR count). The van der Waals surface area contributed by atoms with Gasteiger partial charge < -0.3 is 15.8 Å². The maximum atomic E-state index is 13.6. The SMILES string of the molecule is CCN[C@H]1CSCc2ccc(cc2)CSC[C@@H](C(=O)CN[C@@H](CSCC(=O)O[C@H]2CC[C@@]3(C)C(=CC[C@H]4[C@@H]5CC[C@H]([C@H](C)CCCC(C)C)[C@@]5(C)CC[C@@H]43)C2)C(N)=O)NCC1=O. The third-order valence-corrected chi connectivity index (χ3v) is 19.0. The molecule has 12 heteroatoms. The molecule has 2 aliphatic heterocycles. The van der Waals surface area contributed by atoms with Crippen molar-refractivity contribution in [2.75, 3.05) is 42.6 Å². The van der Waals surface area contributed by atoms with Gasteiger partial charge in [0.2, 0.25) is 5.91 Å². The first kappa shape index (κ1) is 49.6. The second kappa shape index (κ2) is 23.1. The van der Waals surface area contributed by atoms with Gasteiger partial charge >= 0.3 is 5.97 Å². The number of amides is 1. The number of carbonyl (C=O) groups excluding carboxylic acids is 4. The molecular weight excluding hydrogens is 833 g/mol. The molecule has 0 saturated heterocycles. The van der Waals surface area contributed by atoms with Crippen molar-refractivity contribution in [2.24, 2.45) is 52.1 Å². The number of Topliss-reactive ketones (excluding diaryl/α,β-unsaturated/α-hetero) is 2. The van der Waals surface area contributed by atoms with Crippen molar-refractivity contribution >= 4 is 58.7 Å². The van der Waals surface area contributed by atoms with Gasteiger partial charge in [0.25, 0.3) is 0 Å². The van der Waals surface area contributed by atoms with E-state index in [1.165, 1.54) is 79.8 Å². The van der Waals surface area contributed by atoms with Crippen molar-refractivity contribution in [3.8, 4) is 0 Å². The van der Waals surface area contributed by atoms with E-state index < -0.39 is 18.0 Å². The average Bonchev–Trinajstić information content (AvgIpc) is 3.60. The predicted molar refractivity (Wildman–Crippen MR) is 259 cm³/mol. The number of nitrogens with one attached hydrogen (secondary N) is 3. The molecule has 0 radical (unpaired) electrons. The van der Waals surface area contributed by atoms with Crippen LogP contribution in [0.3, 0.4) is 0 Å². The van der Waals surface area contributed by atoms with Crippen LogP contribution >= 0.6 is 35.3 Å². The minimum Gasteiger partial charge on any atom is -0.461 e. The molecule has 0 spiro atoms. The standard InChI is InChI=1S/C50H78N4O5S3/c1-7-52-42-28-60-26-34-11-13-35(14-12-34)27-61-29-43(53-24-45(42)55)46(56)25-54-44(48(51)58)30-62-31-47(57)59-37-19-21-49(5)36(23-37)15-16-38-40-18-17-39(33(4)10-8-9-32(2)3)50(40,6)22-20-41(38)49/h11-15,32-33,37-44,52-54H,7-10,16-31H2,1-6H3,(H2,51,58)/t33-,37+,38+,39-,40+,41+,42+,43+,44+,49+,50-/m1/s1. The van der Waals surface area contributed by atoms with Crippen LogP contribution in [0.1, 0.15) is 123 Å². The lowest BCUT2D eigenvalue weighted by Gasteiger charge is -2.58. The van der Waals surface area contributed by atoms with Gasteiger partial charge in [-0.1, -0.05) is 96.7 Å². The summed E-state index contributed by atoms with van der Waals surface area (Å²) in [6.45, 7) is 15.1. The number of hydrogen-bond acceptors (Lipinski definition) is 11. The van der Waals surface area contributed by atoms with Gasteiger partial charge in [0.15, 0.2) is 11.6 Å². The molecule has 4 aliphatic carbocycles. The molecule has 9 nitrogen and oxygen atoms in total. The van der Waals surface area contributed by atoms with Crippen LogP contribution in [-0.4, -0.2) is 90.3 Å². The highest BCUT2D eigenvalue weighted by Crippen LogP contribution is 2.67. The smallest absolute Gasteiger partial charge is 0.316 e. The van der Waals surface area contributed by atoms with Gasteiger partial charge in [-0.3, -0.25) is 29.8 Å². The Kier molecular flexibility index (Phi) is 18.5. The van der Waals surface area contributed by atoms with Gasteiger partial charge in [-0.05, 0) is 109 Å². The zero-order chi connectivity index (χ0) is 44.4. The van der Waals surface area contributed by atoms with Crippen LogP contribution in [-0.2, 0) is 35.4 Å². The first-order valence-electron chi connectivity index (χ1n) is 24.0. The molecule has 2 heterocycles. The van der Waals surface area contributed by atoms with Gasteiger partial charge in [0.05, 0.1) is 37.0 Å². The Morgan fingerprint density at radius 2 is 1.69 bits per heavy atom. The van der Waals surface area contributed by atoms with Gasteiger partial charge in [-0.25, -0.2) is 0 Å². The fourth-order valence-corrected chi connectivity index (χ4v) is 15.3. The van der Waals surface area contributed by atoms with E-state index in [0.717, 1.165) is 66.3 Å². The minimum atomic E-state index is -0.793. The topological polar surface area (TPSA) is 140 Å². The molecule has 1 aromatic carbocycles. The van der Waals surface area contributed by atoms with Crippen molar-refractivity contribution in [1.29, 1.82) is 0 Å². The third-order valence-electron chi connectivity index (χ3n) is 15.8. The Morgan fingerprint density at radius 1 is 0.968 bits per heavy atom. The van der Waals surface area contributed by atoms with E-state index in [0.29, 0.717) is 23.5 Å². The highest BCUT2D eigenvalue weighted by Gasteiger charge is 2.59. The molecule has 1 amide bonds. The summed E-state index contributed by atoms with van der Waals surface area (Å²) in [5, 5.41) is 9.59. The number of esters is 1. The molecular formula is C50H78N4O5S3. The lowest BCUT2D eigenvalue weighted by Crippen LogP contribution is -2.52. The number of fused-ring (bicyclic) bond motifs is 17. The minimum absolute atomic E-state index is 0.0240. The summed E-state index contributed by atoms with van der Waals surface area (Å²) < 4.78 is 6.10. The molecule has 3 saturated carbocycles. The molecule has 3 fully saturated rings. The van der Waals surface area contributed by atoms with Crippen molar-refractivity contribution < 1.29 is 23.9 Å². The first-order chi connectivity index (χ1) is 29.7. The maximum absolute atomic E-state index is 13.6. The summed E-state index contributed by atoms with van der Waals surface area (Å²) in [7, 11) is 0. The normalized spacial score (nSPS) is 32.7. The van der Waals surface area contributed by atoms with Crippen LogP contribution in [0.15, 0.2) is 35.9 Å². The fourth-order valence-electron chi connectivity index (χ4n) is 12.3. The number of primary amides is 1. The Bertz CT molecular complexity index is 1710. The van der Waals surface area contributed by atoms with E-state index in [4.69, 9.17) is 10.5 Å². The maximum Gasteiger partial charge on any atom is 0.316 e. The molecule has 6 aliphatic rings. The number of allylic oxidation sites excluding steroid dienone is 1. The monoisotopic (exact) mass is 911 g/mol. The molecule has 1 aromatic rings. The fraction of sp³-hybridized carbons (Fsp3) is 0.760. The average molecular weight is 911 g/mol. The summed E-state index contributed by atoms with van der Waals surface area (Å²) in [5.41, 5.74) is 10.4. The Balaban J connectivity index is 0.959. The summed E-state index contributed by atoms with van der Waals surface area (Å²) in [6, 6.07) is 6.84. The summed E-state index contributed by atoms with van der Waals surface area (Å²) in [6.07, 6.45) is 15.9. The molecule has 0 unspecified atom stereocenters. The van der Waals surface area contributed by atoms with Crippen LogP contribution < -0.4 is 21.7 Å². The van der Waals surface area contributed by atoms with Gasteiger partial charge in [0.1, 0.15) is 6.10 Å². The molecule has 62 heavy (non-hydrogen) atoms. The number of likely N-dealkylation sites (N-methyl/N-ethyl adjacent to an activating group) is 1. The largest absolute Gasteiger partial charge is 0.461 e. The second-order valence-electron chi connectivity index (χ2n) is 20.3. The number of benzene rings is 1. The molecule has 11 atom stereocenters. The van der Waals surface area contributed by atoms with Crippen molar-refractivity contribution in [3.63, 3.8) is 0 Å². The number of nitrogens with two attached hydrogens (primary N) is 1. The highest BCUT2D eigenvalue weighted by atomic mass is 32.2.